The Morgan fingerprint density at radius 3 is 2.54 bits per heavy atom. The van der Waals surface area contributed by atoms with Gasteiger partial charge in [0.05, 0.1) is 18.6 Å². The standard InChI is InChI=1S/C20H21N3O4S/c1-26-19-11-12-20(22-21-19)27-16-8-5-13-23(14-16)28(24,25)18-10-4-7-15-6-2-3-9-17(15)18/h2-4,6-7,9-12,16H,5,8,13-14H2,1H3. The molecule has 1 aromatic heterocycles. The Balaban J connectivity index is 1.56. The van der Waals surface area contributed by atoms with E-state index >= 15 is 0 Å². The Kier molecular flexibility index (Phi) is 5.15. The zero-order valence-electron chi connectivity index (χ0n) is 15.5. The van der Waals surface area contributed by atoms with E-state index in [2.05, 4.69) is 10.2 Å². The van der Waals surface area contributed by atoms with Crippen LogP contribution in [0.3, 0.4) is 0 Å². The first-order chi connectivity index (χ1) is 13.6. The molecule has 1 fully saturated rings. The molecule has 1 aliphatic heterocycles. The summed E-state index contributed by atoms with van der Waals surface area (Å²) in [7, 11) is -2.11. The summed E-state index contributed by atoms with van der Waals surface area (Å²) in [5, 5.41) is 9.48. The quantitative estimate of drug-likeness (QED) is 0.656. The molecule has 1 unspecified atom stereocenters. The van der Waals surface area contributed by atoms with Crippen LogP contribution in [-0.4, -0.2) is 49.2 Å². The van der Waals surface area contributed by atoms with Crippen LogP contribution in [0.4, 0.5) is 0 Å². The maximum absolute atomic E-state index is 13.3. The van der Waals surface area contributed by atoms with Crippen LogP contribution in [0.5, 0.6) is 11.8 Å². The normalized spacial score (nSPS) is 18.1. The number of hydrogen-bond donors (Lipinski definition) is 0. The van der Waals surface area contributed by atoms with Crippen molar-refractivity contribution in [2.75, 3.05) is 20.2 Å². The smallest absolute Gasteiger partial charge is 0.243 e. The van der Waals surface area contributed by atoms with E-state index in [1.165, 1.54) is 11.4 Å². The van der Waals surface area contributed by atoms with Gasteiger partial charge in [-0.1, -0.05) is 36.4 Å². The van der Waals surface area contributed by atoms with Crippen LogP contribution in [0.15, 0.2) is 59.5 Å². The molecular formula is C20H21N3O4S. The first-order valence-electron chi connectivity index (χ1n) is 9.10. The number of rotatable bonds is 5. The summed E-state index contributed by atoms with van der Waals surface area (Å²) in [5.41, 5.74) is 0. The summed E-state index contributed by atoms with van der Waals surface area (Å²) in [6.45, 7) is 0.749. The summed E-state index contributed by atoms with van der Waals surface area (Å²) in [6.07, 6.45) is 1.20. The molecule has 0 saturated carbocycles. The van der Waals surface area contributed by atoms with E-state index in [1.54, 1.807) is 24.3 Å². The van der Waals surface area contributed by atoms with Gasteiger partial charge in [-0.3, -0.25) is 0 Å². The number of piperidine rings is 1. The SMILES string of the molecule is COc1ccc(OC2CCCN(S(=O)(=O)c3cccc4ccccc34)C2)nn1. The fourth-order valence-corrected chi connectivity index (χ4v) is 5.15. The van der Waals surface area contributed by atoms with Gasteiger partial charge >= 0.3 is 0 Å². The number of methoxy groups -OCH3 is 1. The third-order valence-electron chi connectivity index (χ3n) is 4.82. The lowest BCUT2D eigenvalue weighted by Gasteiger charge is -2.32. The van der Waals surface area contributed by atoms with Crippen molar-refractivity contribution in [1.29, 1.82) is 0 Å². The second-order valence-corrected chi connectivity index (χ2v) is 8.54. The van der Waals surface area contributed by atoms with Crippen molar-refractivity contribution in [2.24, 2.45) is 0 Å². The molecule has 1 saturated heterocycles. The molecule has 0 bridgehead atoms. The maximum atomic E-state index is 13.3. The number of sulfonamides is 1. The van der Waals surface area contributed by atoms with E-state index in [-0.39, 0.29) is 12.6 Å². The largest absolute Gasteiger partial charge is 0.480 e. The van der Waals surface area contributed by atoms with Crippen LogP contribution in [0.1, 0.15) is 12.8 Å². The molecule has 1 atom stereocenters. The summed E-state index contributed by atoms with van der Waals surface area (Å²) in [6, 6.07) is 16.2. The van der Waals surface area contributed by atoms with Crippen LogP contribution in [-0.2, 0) is 10.0 Å². The lowest BCUT2D eigenvalue weighted by molar-refractivity contribution is 0.123. The maximum Gasteiger partial charge on any atom is 0.243 e. The lowest BCUT2D eigenvalue weighted by atomic mass is 10.1. The van der Waals surface area contributed by atoms with Crippen LogP contribution < -0.4 is 9.47 Å². The molecule has 4 rings (SSSR count). The van der Waals surface area contributed by atoms with Gasteiger partial charge in [0, 0.05) is 24.1 Å². The lowest BCUT2D eigenvalue weighted by Crippen LogP contribution is -2.44. The third-order valence-corrected chi connectivity index (χ3v) is 6.74. The molecule has 0 N–H and O–H groups in total. The average Bonchev–Trinajstić information content (AvgIpc) is 2.74. The number of hydrogen-bond acceptors (Lipinski definition) is 6. The minimum Gasteiger partial charge on any atom is -0.480 e. The van der Waals surface area contributed by atoms with Gasteiger partial charge < -0.3 is 9.47 Å². The van der Waals surface area contributed by atoms with Crippen molar-refractivity contribution in [3.63, 3.8) is 0 Å². The molecule has 28 heavy (non-hydrogen) atoms. The molecule has 2 aromatic carbocycles. The van der Waals surface area contributed by atoms with Crippen molar-refractivity contribution in [3.8, 4) is 11.8 Å². The molecule has 0 amide bonds. The highest BCUT2D eigenvalue weighted by Crippen LogP contribution is 2.28. The predicted octanol–water partition coefficient (Wildman–Crippen LogP) is 2.87. The Labute approximate surface area is 164 Å². The monoisotopic (exact) mass is 399 g/mol. The summed E-state index contributed by atoms with van der Waals surface area (Å²) in [4.78, 5) is 0.329. The van der Waals surface area contributed by atoms with Crippen molar-refractivity contribution >= 4 is 20.8 Å². The minimum atomic E-state index is -3.63. The van der Waals surface area contributed by atoms with Gasteiger partial charge in [0.2, 0.25) is 21.8 Å². The van der Waals surface area contributed by atoms with Crippen molar-refractivity contribution in [1.82, 2.24) is 14.5 Å². The van der Waals surface area contributed by atoms with Crippen molar-refractivity contribution in [2.45, 2.75) is 23.8 Å². The first-order valence-corrected chi connectivity index (χ1v) is 10.5. The highest BCUT2D eigenvalue weighted by atomic mass is 32.2. The van der Waals surface area contributed by atoms with E-state index in [0.29, 0.717) is 23.2 Å². The second kappa shape index (κ2) is 7.73. The number of ether oxygens (including phenoxy) is 2. The van der Waals surface area contributed by atoms with Crippen LogP contribution in [0.25, 0.3) is 10.8 Å². The fraction of sp³-hybridized carbons (Fsp3) is 0.300. The predicted molar refractivity (Wildman–Crippen MR) is 105 cm³/mol. The second-order valence-electron chi connectivity index (χ2n) is 6.64. The van der Waals surface area contributed by atoms with E-state index in [9.17, 15) is 8.42 Å². The van der Waals surface area contributed by atoms with Crippen molar-refractivity contribution in [3.05, 3.63) is 54.6 Å². The van der Waals surface area contributed by atoms with Gasteiger partial charge in [-0.25, -0.2) is 8.42 Å². The molecule has 146 valence electrons. The Morgan fingerprint density at radius 2 is 1.75 bits per heavy atom. The molecule has 0 radical (unpaired) electrons. The summed E-state index contributed by atoms with van der Waals surface area (Å²) in [5.74, 6) is 0.756. The number of nitrogens with zero attached hydrogens (tertiary/aromatic N) is 3. The van der Waals surface area contributed by atoms with E-state index < -0.39 is 10.0 Å². The zero-order valence-corrected chi connectivity index (χ0v) is 16.3. The van der Waals surface area contributed by atoms with Crippen LogP contribution in [0.2, 0.25) is 0 Å². The number of aromatic nitrogens is 2. The average molecular weight is 399 g/mol. The first kappa shape index (κ1) is 18.6. The van der Waals surface area contributed by atoms with E-state index in [0.717, 1.165) is 23.6 Å². The number of benzene rings is 2. The topological polar surface area (TPSA) is 81.6 Å². The van der Waals surface area contributed by atoms with E-state index in [4.69, 9.17) is 9.47 Å². The Bertz CT molecular complexity index is 1070. The summed E-state index contributed by atoms with van der Waals surface area (Å²) >= 11 is 0. The van der Waals surface area contributed by atoms with Crippen molar-refractivity contribution < 1.29 is 17.9 Å². The van der Waals surface area contributed by atoms with Gasteiger partial charge in [0.25, 0.3) is 0 Å². The van der Waals surface area contributed by atoms with Gasteiger partial charge in [0.15, 0.2) is 0 Å². The molecule has 0 spiro atoms. The van der Waals surface area contributed by atoms with E-state index in [1.807, 2.05) is 30.3 Å². The summed E-state index contributed by atoms with van der Waals surface area (Å²) < 4.78 is 39.0. The number of fused-ring (bicyclic) bond motifs is 1. The molecule has 3 aromatic rings. The Hall–Kier alpha value is -2.71. The molecular weight excluding hydrogens is 378 g/mol. The Morgan fingerprint density at radius 1 is 1.00 bits per heavy atom. The third kappa shape index (κ3) is 3.65. The van der Waals surface area contributed by atoms with Gasteiger partial charge in [-0.2, -0.15) is 4.31 Å². The van der Waals surface area contributed by atoms with Gasteiger partial charge in [-0.15, -0.1) is 10.2 Å². The van der Waals surface area contributed by atoms with Gasteiger partial charge in [-0.05, 0) is 24.3 Å². The highest BCUT2D eigenvalue weighted by Gasteiger charge is 2.32. The van der Waals surface area contributed by atoms with Crippen LogP contribution >= 0.6 is 0 Å². The minimum absolute atomic E-state index is 0.277. The highest BCUT2D eigenvalue weighted by molar-refractivity contribution is 7.89. The molecule has 1 aliphatic rings. The molecule has 2 heterocycles. The fourth-order valence-electron chi connectivity index (χ4n) is 3.43. The molecule has 8 heteroatoms. The van der Waals surface area contributed by atoms with Gasteiger partial charge in [0.1, 0.15) is 6.10 Å². The molecule has 0 aliphatic carbocycles. The molecule has 7 nitrogen and oxygen atoms in total. The van der Waals surface area contributed by atoms with Crippen LogP contribution in [0, 0.1) is 0 Å². The zero-order chi connectivity index (χ0) is 19.6.